The van der Waals surface area contributed by atoms with Crippen molar-refractivity contribution >= 4 is 46.9 Å². The van der Waals surface area contributed by atoms with Crippen molar-refractivity contribution in [3.8, 4) is 11.3 Å². The molecule has 4 rings (SSSR count). The van der Waals surface area contributed by atoms with Gasteiger partial charge in [0.15, 0.2) is 17.0 Å². The Hall–Kier alpha value is -2.22. The van der Waals surface area contributed by atoms with Gasteiger partial charge in [0.25, 0.3) is 0 Å². The fourth-order valence-electron chi connectivity index (χ4n) is 2.66. The Morgan fingerprint density at radius 2 is 1.76 bits per heavy atom. The molecule has 130 valence electrons. The van der Waals surface area contributed by atoms with E-state index < -0.39 is 0 Å². The van der Waals surface area contributed by atoms with Crippen LogP contribution in [0.2, 0.25) is 5.02 Å². The maximum Gasteiger partial charge on any atom is 0.224 e. The molecule has 1 aliphatic rings. The van der Waals surface area contributed by atoms with E-state index >= 15 is 0 Å². The molecule has 3 aromatic rings. The standard InChI is InChI=1S/C16H15ClN6O.ClH/c17-11-3-1-10(2-4-11)12-9-19-14-13(20-12)15(22-16(18)21-14)23-5-7-24-8-6-23;/h1-4,9H,5-8H2,(H2,18,19,21,22);1H. The van der Waals surface area contributed by atoms with Gasteiger partial charge in [0, 0.05) is 23.7 Å². The Bertz CT molecular complexity index is 884. The van der Waals surface area contributed by atoms with Gasteiger partial charge >= 0.3 is 0 Å². The third-order valence-electron chi connectivity index (χ3n) is 3.86. The summed E-state index contributed by atoms with van der Waals surface area (Å²) in [6, 6.07) is 7.46. The van der Waals surface area contributed by atoms with Crippen LogP contribution in [0.4, 0.5) is 11.8 Å². The van der Waals surface area contributed by atoms with Gasteiger partial charge in [0.05, 0.1) is 25.1 Å². The molecule has 25 heavy (non-hydrogen) atoms. The number of benzene rings is 1. The zero-order chi connectivity index (χ0) is 16.5. The van der Waals surface area contributed by atoms with Gasteiger partial charge in [0.1, 0.15) is 0 Å². The lowest BCUT2D eigenvalue weighted by molar-refractivity contribution is 0.122. The Morgan fingerprint density at radius 3 is 2.48 bits per heavy atom. The zero-order valence-corrected chi connectivity index (χ0v) is 14.8. The number of anilines is 2. The molecule has 0 saturated carbocycles. The van der Waals surface area contributed by atoms with Crippen LogP contribution in [0.25, 0.3) is 22.4 Å². The molecule has 2 aromatic heterocycles. The lowest BCUT2D eigenvalue weighted by Crippen LogP contribution is -2.37. The first-order chi connectivity index (χ1) is 11.7. The van der Waals surface area contributed by atoms with Crippen LogP contribution in [0.5, 0.6) is 0 Å². The summed E-state index contributed by atoms with van der Waals surface area (Å²) < 4.78 is 5.40. The minimum Gasteiger partial charge on any atom is -0.378 e. The Morgan fingerprint density at radius 1 is 1.04 bits per heavy atom. The monoisotopic (exact) mass is 378 g/mol. The number of ether oxygens (including phenoxy) is 1. The number of rotatable bonds is 2. The van der Waals surface area contributed by atoms with Gasteiger partial charge < -0.3 is 15.4 Å². The summed E-state index contributed by atoms with van der Waals surface area (Å²) in [6.45, 7) is 2.77. The molecule has 0 aliphatic carbocycles. The van der Waals surface area contributed by atoms with Gasteiger partial charge in [-0.15, -0.1) is 12.4 Å². The highest BCUT2D eigenvalue weighted by atomic mass is 35.5. The van der Waals surface area contributed by atoms with Gasteiger partial charge in [-0.1, -0.05) is 23.7 Å². The van der Waals surface area contributed by atoms with E-state index in [-0.39, 0.29) is 18.4 Å². The number of nitrogen functional groups attached to an aromatic ring is 1. The molecule has 1 fully saturated rings. The van der Waals surface area contributed by atoms with Crippen molar-refractivity contribution in [1.82, 2.24) is 19.9 Å². The quantitative estimate of drug-likeness (QED) is 0.732. The third kappa shape index (κ3) is 3.58. The minimum atomic E-state index is 0. The van der Waals surface area contributed by atoms with Crippen LogP contribution in [0.3, 0.4) is 0 Å². The van der Waals surface area contributed by atoms with E-state index in [1.54, 1.807) is 6.20 Å². The van der Waals surface area contributed by atoms with E-state index in [1.807, 2.05) is 24.3 Å². The van der Waals surface area contributed by atoms with Crippen molar-refractivity contribution in [2.75, 3.05) is 36.9 Å². The topological polar surface area (TPSA) is 90.0 Å². The SMILES string of the molecule is Cl.Nc1nc(N2CCOCC2)c2nc(-c3ccc(Cl)cc3)cnc2n1. The van der Waals surface area contributed by atoms with Gasteiger partial charge in [-0.3, -0.25) is 0 Å². The highest BCUT2D eigenvalue weighted by Crippen LogP contribution is 2.26. The van der Waals surface area contributed by atoms with Crippen LogP contribution in [0.1, 0.15) is 0 Å². The van der Waals surface area contributed by atoms with Crippen LogP contribution in [0.15, 0.2) is 30.5 Å². The van der Waals surface area contributed by atoms with E-state index in [1.165, 1.54) is 0 Å². The molecule has 3 heterocycles. The molecule has 0 spiro atoms. The molecule has 9 heteroatoms. The molecular weight excluding hydrogens is 363 g/mol. The van der Waals surface area contributed by atoms with E-state index in [0.29, 0.717) is 35.2 Å². The maximum atomic E-state index is 5.95. The molecule has 7 nitrogen and oxygen atoms in total. The van der Waals surface area contributed by atoms with Crippen LogP contribution in [0, 0.1) is 0 Å². The molecule has 1 aliphatic heterocycles. The van der Waals surface area contributed by atoms with Crippen LogP contribution in [-0.2, 0) is 4.74 Å². The van der Waals surface area contributed by atoms with Gasteiger partial charge in [-0.25, -0.2) is 9.97 Å². The minimum absolute atomic E-state index is 0. The number of hydrogen-bond donors (Lipinski definition) is 1. The first kappa shape index (κ1) is 17.6. The lowest BCUT2D eigenvalue weighted by atomic mass is 10.1. The average Bonchev–Trinajstić information content (AvgIpc) is 2.62. The molecule has 2 N–H and O–H groups in total. The number of nitrogens with two attached hydrogens (primary N) is 1. The van der Waals surface area contributed by atoms with Crippen molar-refractivity contribution in [3.63, 3.8) is 0 Å². The van der Waals surface area contributed by atoms with Gasteiger partial charge in [-0.05, 0) is 12.1 Å². The van der Waals surface area contributed by atoms with E-state index in [9.17, 15) is 0 Å². The predicted octanol–water partition coefficient (Wildman–Crippen LogP) is 2.58. The van der Waals surface area contributed by atoms with Gasteiger partial charge in [0.2, 0.25) is 5.95 Å². The molecular formula is C16H16Cl2N6O. The number of aromatic nitrogens is 4. The van der Waals surface area contributed by atoms with Gasteiger partial charge in [-0.2, -0.15) is 9.97 Å². The lowest BCUT2D eigenvalue weighted by Gasteiger charge is -2.28. The van der Waals surface area contributed by atoms with Crippen molar-refractivity contribution in [3.05, 3.63) is 35.5 Å². The molecule has 0 radical (unpaired) electrons. The Kier molecular flexibility index (Phi) is 5.17. The predicted molar refractivity (Wildman–Crippen MR) is 100 cm³/mol. The summed E-state index contributed by atoms with van der Waals surface area (Å²) >= 11 is 5.95. The summed E-state index contributed by atoms with van der Waals surface area (Å²) in [4.78, 5) is 19.8. The Labute approximate surface area is 155 Å². The second kappa shape index (κ2) is 7.35. The molecule has 1 saturated heterocycles. The zero-order valence-electron chi connectivity index (χ0n) is 13.2. The fraction of sp³-hybridized carbons (Fsp3) is 0.250. The van der Waals surface area contributed by atoms with E-state index in [4.69, 9.17) is 27.1 Å². The Balaban J connectivity index is 0.00000182. The molecule has 0 atom stereocenters. The molecule has 1 aromatic carbocycles. The number of fused-ring (bicyclic) bond motifs is 1. The van der Waals surface area contributed by atoms with Crippen LogP contribution >= 0.6 is 24.0 Å². The first-order valence-electron chi connectivity index (χ1n) is 7.59. The average molecular weight is 379 g/mol. The summed E-state index contributed by atoms with van der Waals surface area (Å²) in [7, 11) is 0. The third-order valence-corrected chi connectivity index (χ3v) is 4.11. The molecule has 0 unspecified atom stereocenters. The molecule has 0 amide bonds. The largest absolute Gasteiger partial charge is 0.378 e. The van der Waals surface area contributed by atoms with Crippen molar-refractivity contribution in [2.45, 2.75) is 0 Å². The van der Waals surface area contributed by atoms with Crippen molar-refractivity contribution in [1.29, 1.82) is 0 Å². The van der Waals surface area contributed by atoms with Crippen molar-refractivity contribution in [2.24, 2.45) is 0 Å². The number of halogens is 2. The number of hydrogen-bond acceptors (Lipinski definition) is 7. The summed E-state index contributed by atoms with van der Waals surface area (Å²) in [6.07, 6.45) is 1.68. The number of morpholine rings is 1. The summed E-state index contributed by atoms with van der Waals surface area (Å²) in [5, 5.41) is 0.678. The van der Waals surface area contributed by atoms with Crippen LogP contribution < -0.4 is 10.6 Å². The van der Waals surface area contributed by atoms with E-state index in [0.717, 1.165) is 24.3 Å². The highest BCUT2D eigenvalue weighted by Gasteiger charge is 2.19. The normalized spacial score (nSPS) is 14.4. The first-order valence-corrected chi connectivity index (χ1v) is 7.97. The second-order valence-electron chi connectivity index (χ2n) is 5.44. The molecule has 0 bridgehead atoms. The second-order valence-corrected chi connectivity index (χ2v) is 5.88. The number of nitrogens with zero attached hydrogens (tertiary/aromatic N) is 5. The van der Waals surface area contributed by atoms with Crippen molar-refractivity contribution < 1.29 is 4.74 Å². The summed E-state index contributed by atoms with van der Waals surface area (Å²) in [5.41, 5.74) is 8.63. The highest BCUT2D eigenvalue weighted by molar-refractivity contribution is 6.30. The van der Waals surface area contributed by atoms with Crippen LogP contribution in [-0.4, -0.2) is 46.2 Å². The van der Waals surface area contributed by atoms with E-state index in [2.05, 4.69) is 19.9 Å². The maximum absolute atomic E-state index is 5.95. The fourth-order valence-corrected chi connectivity index (χ4v) is 2.79. The summed E-state index contributed by atoms with van der Waals surface area (Å²) in [5.74, 6) is 0.890. The smallest absolute Gasteiger partial charge is 0.224 e.